The number of halogens is 1. The molecule has 104 valence electrons. The van der Waals surface area contributed by atoms with Crippen molar-refractivity contribution in [3.63, 3.8) is 0 Å². The van der Waals surface area contributed by atoms with E-state index in [1.54, 1.807) is 12.1 Å². The van der Waals surface area contributed by atoms with E-state index in [9.17, 15) is 14.0 Å². The van der Waals surface area contributed by atoms with Gasteiger partial charge in [0, 0.05) is 12.8 Å². The number of carbonyl (C=O) groups excluding carboxylic acids is 2. The van der Waals surface area contributed by atoms with Crippen LogP contribution in [0.3, 0.4) is 0 Å². The molecule has 1 aromatic rings. The van der Waals surface area contributed by atoms with Crippen LogP contribution in [0.25, 0.3) is 0 Å². The number of rotatable bonds is 9. The van der Waals surface area contributed by atoms with Crippen LogP contribution >= 0.6 is 0 Å². The van der Waals surface area contributed by atoms with Gasteiger partial charge >= 0.3 is 0 Å². The van der Waals surface area contributed by atoms with E-state index in [2.05, 4.69) is 5.32 Å². The molecule has 1 amide bonds. The van der Waals surface area contributed by atoms with E-state index in [0.29, 0.717) is 31.2 Å². The molecule has 0 spiro atoms. The second-order valence-corrected chi connectivity index (χ2v) is 4.49. The van der Waals surface area contributed by atoms with Gasteiger partial charge in [0.05, 0.1) is 5.69 Å². The first-order chi connectivity index (χ1) is 9.19. The van der Waals surface area contributed by atoms with Gasteiger partial charge in [-0.2, -0.15) is 0 Å². The quantitative estimate of drug-likeness (QED) is 0.549. The summed E-state index contributed by atoms with van der Waals surface area (Å²) in [4.78, 5) is 21.4. The van der Waals surface area contributed by atoms with Gasteiger partial charge in [-0.05, 0) is 30.9 Å². The van der Waals surface area contributed by atoms with Crippen LogP contribution in [0.15, 0.2) is 18.2 Å². The zero-order valence-corrected chi connectivity index (χ0v) is 11.2. The van der Waals surface area contributed by atoms with Gasteiger partial charge in [-0.3, -0.25) is 9.59 Å². The Kier molecular flexibility index (Phi) is 6.79. The second-order valence-electron chi connectivity index (χ2n) is 4.49. The fourth-order valence-corrected chi connectivity index (χ4v) is 1.94. The summed E-state index contributed by atoms with van der Waals surface area (Å²) in [5.41, 5.74) is 0.822. The van der Waals surface area contributed by atoms with Crippen molar-refractivity contribution in [1.29, 1.82) is 0 Å². The maximum atomic E-state index is 13.9. The van der Waals surface area contributed by atoms with Gasteiger partial charge in [0.1, 0.15) is 11.6 Å². The highest BCUT2D eigenvalue weighted by atomic mass is 19.1. The third-order valence-electron chi connectivity index (χ3n) is 3.09. The monoisotopic (exact) mass is 265 g/mol. The molecule has 0 unspecified atom stereocenters. The number of nitrogens with one attached hydrogen (secondary N) is 1. The molecule has 0 heterocycles. The van der Waals surface area contributed by atoms with Crippen molar-refractivity contribution in [3.8, 4) is 0 Å². The van der Waals surface area contributed by atoms with Gasteiger partial charge in [0.25, 0.3) is 0 Å². The van der Waals surface area contributed by atoms with Crippen LogP contribution in [0, 0.1) is 5.82 Å². The molecule has 3 nitrogen and oxygen atoms in total. The Morgan fingerprint density at radius 2 is 2.11 bits per heavy atom. The van der Waals surface area contributed by atoms with Crippen molar-refractivity contribution < 1.29 is 14.0 Å². The molecule has 0 aliphatic carbocycles. The fourth-order valence-electron chi connectivity index (χ4n) is 1.94. The van der Waals surface area contributed by atoms with Crippen LogP contribution in [0.2, 0.25) is 0 Å². The number of benzene rings is 1. The molecule has 4 heteroatoms. The van der Waals surface area contributed by atoms with Crippen molar-refractivity contribution in [2.45, 2.75) is 45.4 Å². The zero-order chi connectivity index (χ0) is 14.1. The minimum Gasteiger partial charge on any atom is -0.326 e. The molecule has 0 saturated carbocycles. The minimum atomic E-state index is -0.362. The zero-order valence-electron chi connectivity index (χ0n) is 11.2. The number of anilines is 1. The molecule has 0 radical (unpaired) electrons. The van der Waals surface area contributed by atoms with E-state index in [-0.39, 0.29) is 17.3 Å². The minimum absolute atomic E-state index is 0.216. The average Bonchev–Trinajstić information content (AvgIpc) is 2.42. The number of amides is 1. The van der Waals surface area contributed by atoms with Gasteiger partial charge in [0.2, 0.25) is 6.41 Å². The third kappa shape index (κ3) is 5.20. The lowest BCUT2D eigenvalue weighted by Crippen LogP contribution is -2.00. The Morgan fingerprint density at radius 1 is 1.32 bits per heavy atom. The summed E-state index contributed by atoms with van der Waals surface area (Å²) in [6.45, 7) is 1.86. The fraction of sp³-hybridized carbons (Fsp3) is 0.467. The van der Waals surface area contributed by atoms with Crippen molar-refractivity contribution in [2.75, 3.05) is 5.32 Å². The predicted molar refractivity (Wildman–Crippen MR) is 73.6 cm³/mol. The molecule has 0 fully saturated rings. The van der Waals surface area contributed by atoms with Crippen LogP contribution in [0.5, 0.6) is 0 Å². The van der Waals surface area contributed by atoms with E-state index in [0.717, 1.165) is 19.3 Å². The first kappa shape index (κ1) is 15.3. The highest BCUT2D eigenvalue weighted by Crippen LogP contribution is 2.19. The van der Waals surface area contributed by atoms with Gasteiger partial charge in [0.15, 0.2) is 0 Å². The van der Waals surface area contributed by atoms with E-state index in [1.165, 1.54) is 6.07 Å². The highest BCUT2D eigenvalue weighted by Gasteiger charge is 2.07. The molecule has 0 aromatic heterocycles. The van der Waals surface area contributed by atoms with Gasteiger partial charge in [-0.15, -0.1) is 0 Å². The molecule has 0 aliphatic heterocycles. The third-order valence-corrected chi connectivity index (χ3v) is 3.09. The summed E-state index contributed by atoms with van der Waals surface area (Å²) in [5, 5.41) is 2.34. The normalized spacial score (nSPS) is 10.2. The molecule has 1 aromatic carbocycles. The number of Topliss-reactive ketones (excluding diaryl/α,β-unsaturated/α-hetero) is 1. The number of hydrogen-bond acceptors (Lipinski definition) is 2. The summed E-state index contributed by atoms with van der Waals surface area (Å²) in [7, 11) is 0. The van der Waals surface area contributed by atoms with Gasteiger partial charge < -0.3 is 5.32 Å². The summed E-state index contributed by atoms with van der Waals surface area (Å²) >= 11 is 0. The largest absolute Gasteiger partial charge is 0.326 e. The Bertz CT molecular complexity index is 432. The van der Waals surface area contributed by atoms with E-state index < -0.39 is 0 Å². The second kappa shape index (κ2) is 8.40. The highest BCUT2D eigenvalue weighted by molar-refractivity contribution is 5.77. The number of unbranched alkanes of at least 4 members (excludes halogenated alkanes) is 2. The molecule has 1 rings (SSSR count). The van der Waals surface area contributed by atoms with Crippen LogP contribution < -0.4 is 5.32 Å². The van der Waals surface area contributed by atoms with E-state index in [1.807, 2.05) is 6.92 Å². The Labute approximate surface area is 113 Å². The Morgan fingerprint density at radius 3 is 2.79 bits per heavy atom. The lowest BCUT2D eigenvalue weighted by Gasteiger charge is -2.07. The van der Waals surface area contributed by atoms with Gasteiger partial charge in [-0.1, -0.05) is 25.5 Å². The summed E-state index contributed by atoms with van der Waals surface area (Å²) in [5.74, 6) is -0.0809. The molecule has 0 saturated heterocycles. The summed E-state index contributed by atoms with van der Waals surface area (Å²) in [6, 6.07) is 4.99. The molecule has 0 atom stereocenters. The predicted octanol–water partition coefficient (Wildman–Crippen LogP) is 3.48. The van der Waals surface area contributed by atoms with Crippen LogP contribution in [0.4, 0.5) is 10.1 Å². The molecule has 19 heavy (non-hydrogen) atoms. The van der Waals surface area contributed by atoms with Crippen molar-refractivity contribution in [2.24, 2.45) is 0 Å². The topological polar surface area (TPSA) is 46.2 Å². The lowest BCUT2D eigenvalue weighted by atomic mass is 10.0. The van der Waals surface area contributed by atoms with Crippen LogP contribution in [-0.2, 0) is 16.0 Å². The molecular formula is C15H20FNO2. The molecular weight excluding hydrogens is 245 g/mol. The first-order valence-electron chi connectivity index (χ1n) is 6.68. The van der Waals surface area contributed by atoms with E-state index >= 15 is 0 Å². The maximum Gasteiger partial charge on any atom is 0.211 e. The molecule has 0 aliphatic rings. The van der Waals surface area contributed by atoms with Crippen LogP contribution in [0.1, 0.15) is 44.6 Å². The number of carbonyl (C=O) groups is 2. The smallest absolute Gasteiger partial charge is 0.211 e. The SMILES string of the molecule is CCC(=O)CCCCCc1cccc(NC=O)c1F. The van der Waals surface area contributed by atoms with Crippen molar-refractivity contribution in [1.82, 2.24) is 0 Å². The van der Waals surface area contributed by atoms with E-state index in [4.69, 9.17) is 0 Å². The standard InChI is InChI=1S/C15H20FNO2/c1-2-13(19)9-5-3-4-7-12-8-6-10-14(15(12)16)17-11-18/h6,8,10-11H,2-5,7,9H2,1H3,(H,17,18). The maximum absolute atomic E-state index is 13.9. The van der Waals surface area contributed by atoms with Crippen LogP contribution in [-0.4, -0.2) is 12.2 Å². The number of ketones is 1. The van der Waals surface area contributed by atoms with Crippen molar-refractivity contribution in [3.05, 3.63) is 29.6 Å². The Balaban J connectivity index is 2.39. The number of hydrogen-bond donors (Lipinski definition) is 1. The molecule has 1 N–H and O–H groups in total. The number of aryl methyl sites for hydroxylation is 1. The molecule has 0 bridgehead atoms. The lowest BCUT2D eigenvalue weighted by molar-refractivity contribution is -0.118. The summed E-state index contributed by atoms with van der Waals surface area (Å²) < 4.78 is 13.9. The van der Waals surface area contributed by atoms with Crippen molar-refractivity contribution >= 4 is 17.9 Å². The average molecular weight is 265 g/mol. The summed E-state index contributed by atoms with van der Waals surface area (Å²) in [6.07, 6.45) is 4.92. The first-order valence-corrected chi connectivity index (χ1v) is 6.68. The van der Waals surface area contributed by atoms with Gasteiger partial charge in [-0.25, -0.2) is 4.39 Å². The Hall–Kier alpha value is -1.71.